The Morgan fingerprint density at radius 1 is 1.29 bits per heavy atom. The van der Waals surface area contributed by atoms with E-state index in [1.807, 2.05) is 30.3 Å². The molecule has 0 radical (unpaired) electrons. The summed E-state index contributed by atoms with van der Waals surface area (Å²) in [4.78, 5) is 4.33. The van der Waals surface area contributed by atoms with Crippen LogP contribution in [0.1, 0.15) is 31.4 Å². The Labute approximate surface area is 125 Å². The maximum Gasteiger partial charge on any atom is 0.150 e. The lowest BCUT2D eigenvalue weighted by atomic mass is 9.99. The van der Waals surface area contributed by atoms with Crippen LogP contribution in [0.4, 0.5) is 0 Å². The SMILES string of the molecule is CCS(=O)(=O)CCCC(NN)c1ccnc2ccccc12. The Morgan fingerprint density at radius 3 is 2.76 bits per heavy atom. The zero-order valence-electron chi connectivity index (χ0n) is 12.1. The molecule has 2 aromatic rings. The summed E-state index contributed by atoms with van der Waals surface area (Å²) in [5, 5.41) is 1.04. The topological polar surface area (TPSA) is 85.1 Å². The van der Waals surface area contributed by atoms with Gasteiger partial charge in [-0.25, -0.2) is 8.42 Å². The quantitative estimate of drug-likeness (QED) is 0.603. The highest BCUT2D eigenvalue weighted by Gasteiger charge is 2.15. The first-order chi connectivity index (χ1) is 10.1. The van der Waals surface area contributed by atoms with Gasteiger partial charge in [0.1, 0.15) is 9.84 Å². The molecule has 5 nitrogen and oxygen atoms in total. The van der Waals surface area contributed by atoms with Crippen LogP contribution in [0.25, 0.3) is 10.9 Å². The van der Waals surface area contributed by atoms with E-state index < -0.39 is 9.84 Å². The molecule has 0 saturated heterocycles. The zero-order chi connectivity index (χ0) is 15.3. The highest BCUT2D eigenvalue weighted by atomic mass is 32.2. The molecule has 0 amide bonds. The number of nitrogens with one attached hydrogen (secondary N) is 1. The molecule has 2 rings (SSSR count). The van der Waals surface area contributed by atoms with Crippen molar-refractivity contribution in [3.63, 3.8) is 0 Å². The van der Waals surface area contributed by atoms with Crippen molar-refractivity contribution in [1.82, 2.24) is 10.4 Å². The van der Waals surface area contributed by atoms with Crippen molar-refractivity contribution in [3.8, 4) is 0 Å². The van der Waals surface area contributed by atoms with Crippen molar-refractivity contribution < 1.29 is 8.42 Å². The Bertz CT molecular complexity index is 696. The van der Waals surface area contributed by atoms with Crippen LogP contribution in [0.3, 0.4) is 0 Å². The van der Waals surface area contributed by atoms with Gasteiger partial charge in [0.25, 0.3) is 0 Å². The van der Waals surface area contributed by atoms with E-state index in [1.54, 1.807) is 13.1 Å². The molecule has 0 aliphatic heterocycles. The molecule has 114 valence electrons. The van der Waals surface area contributed by atoms with Crippen molar-refractivity contribution in [1.29, 1.82) is 0 Å². The molecule has 0 aliphatic carbocycles. The van der Waals surface area contributed by atoms with Crippen molar-refractivity contribution in [2.24, 2.45) is 5.84 Å². The molecule has 1 unspecified atom stereocenters. The van der Waals surface area contributed by atoms with Crippen LogP contribution in [0.5, 0.6) is 0 Å². The number of pyridine rings is 1. The summed E-state index contributed by atoms with van der Waals surface area (Å²) < 4.78 is 23.1. The van der Waals surface area contributed by atoms with Gasteiger partial charge in [0, 0.05) is 23.4 Å². The number of benzene rings is 1. The van der Waals surface area contributed by atoms with E-state index in [9.17, 15) is 8.42 Å². The number of sulfone groups is 1. The van der Waals surface area contributed by atoms with Gasteiger partial charge in [-0.15, -0.1) is 0 Å². The first kappa shape index (κ1) is 15.9. The number of hydrogen-bond acceptors (Lipinski definition) is 5. The van der Waals surface area contributed by atoms with E-state index in [-0.39, 0.29) is 17.5 Å². The minimum absolute atomic E-state index is 0.0787. The molecular formula is C15H21N3O2S. The number of para-hydroxylation sites is 1. The number of nitrogens with two attached hydrogens (primary N) is 1. The van der Waals surface area contributed by atoms with Crippen molar-refractivity contribution >= 4 is 20.7 Å². The van der Waals surface area contributed by atoms with Crippen LogP contribution in [-0.2, 0) is 9.84 Å². The first-order valence-electron chi connectivity index (χ1n) is 7.07. The summed E-state index contributed by atoms with van der Waals surface area (Å²) in [7, 11) is -2.93. The molecule has 3 N–H and O–H groups in total. The lowest BCUT2D eigenvalue weighted by Crippen LogP contribution is -2.28. The minimum atomic E-state index is -2.93. The van der Waals surface area contributed by atoms with Gasteiger partial charge in [0.2, 0.25) is 0 Å². The second kappa shape index (κ2) is 6.98. The Morgan fingerprint density at radius 2 is 2.05 bits per heavy atom. The molecular weight excluding hydrogens is 286 g/mol. The Kier molecular flexibility index (Phi) is 5.27. The first-order valence-corrected chi connectivity index (χ1v) is 8.89. The predicted octanol–water partition coefficient (Wildman–Crippen LogP) is 1.95. The number of nitrogens with zero attached hydrogens (tertiary/aromatic N) is 1. The van der Waals surface area contributed by atoms with Crippen LogP contribution in [0, 0.1) is 0 Å². The molecule has 1 atom stereocenters. The van der Waals surface area contributed by atoms with E-state index in [0.29, 0.717) is 12.8 Å². The molecule has 1 aromatic carbocycles. The largest absolute Gasteiger partial charge is 0.271 e. The van der Waals surface area contributed by atoms with Gasteiger partial charge >= 0.3 is 0 Å². The van der Waals surface area contributed by atoms with Crippen LogP contribution < -0.4 is 11.3 Å². The highest BCUT2D eigenvalue weighted by Crippen LogP contribution is 2.25. The smallest absolute Gasteiger partial charge is 0.150 e. The summed E-state index contributed by atoms with van der Waals surface area (Å²) in [5.74, 6) is 6.04. The van der Waals surface area contributed by atoms with Gasteiger partial charge in [-0.3, -0.25) is 16.3 Å². The normalized spacial score (nSPS) is 13.4. The van der Waals surface area contributed by atoms with Gasteiger partial charge in [0.05, 0.1) is 11.3 Å². The molecule has 0 spiro atoms. The number of fused-ring (bicyclic) bond motifs is 1. The third kappa shape index (κ3) is 4.00. The summed E-state index contributed by atoms with van der Waals surface area (Å²) >= 11 is 0. The van der Waals surface area contributed by atoms with Crippen molar-refractivity contribution in [2.45, 2.75) is 25.8 Å². The lowest BCUT2D eigenvalue weighted by molar-refractivity contribution is 0.510. The van der Waals surface area contributed by atoms with Gasteiger partial charge in [-0.2, -0.15) is 0 Å². The zero-order valence-corrected chi connectivity index (χ0v) is 12.9. The average molecular weight is 307 g/mol. The van der Waals surface area contributed by atoms with E-state index in [0.717, 1.165) is 16.5 Å². The van der Waals surface area contributed by atoms with Crippen LogP contribution in [-0.4, -0.2) is 24.9 Å². The minimum Gasteiger partial charge on any atom is -0.271 e. The third-order valence-electron chi connectivity index (χ3n) is 3.65. The molecule has 0 aliphatic rings. The monoisotopic (exact) mass is 307 g/mol. The molecule has 1 heterocycles. The van der Waals surface area contributed by atoms with Crippen LogP contribution in [0.15, 0.2) is 36.5 Å². The standard InChI is InChI=1S/C15H21N3O2S/c1-2-21(19,20)11-5-8-15(18-16)13-9-10-17-14-7-4-3-6-12(13)14/h3-4,6-7,9-10,15,18H,2,5,8,11,16H2,1H3. The molecule has 1 aromatic heterocycles. The fraction of sp³-hybridized carbons (Fsp3) is 0.400. The maximum absolute atomic E-state index is 11.6. The molecule has 0 bridgehead atoms. The second-order valence-electron chi connectivity index (χ2n) is 5.02. The summed E-state index contributed by atoms with van der Waals surface area (Å²) in [6, 6.07) is 9.71. The number of aromatic nitrogens is 1. The maximum atomic E-state index is 11.6. The Hall–Kier alpha value is -1.50. The van der Waals surface area contributed by atoms with Gasteiger partial charge in [-0.05, 0) is 30.5 Å². The molecule has 0 saturated carbocycles. The average Bonchev–Trinajstić information content (AvgIpc) is 2.51. The van der Waals surface area contributed by atoms with Crippen LogP contribution >= 0.6 is 0 Å². The van der Waals surface area contributed by atoms with E-state index in [1.165, 1.54) is 0 Å². The number of rotatable bonds is 7. The van der Waals surface area contributed by atoms with Crippen LogP contribution in [0.2, 0.25) is 0 Å². The van der Waals surface area contributed by atoms with E-state index in [2.05, 4.69) is 10.4 Å². The number of hydrogen-bond donors (Lipinski definition) is 2. The van der Waals surface area contributed by atoms with Crippen molar-refractivity contribution in [2.75, 3.05) is 11.5 Å². The molecule has 0 fully saturated rings. The Balaban J connectivity index is 2.16. The van der Waals surface area contributed by atoms with Crippen molar-refractivity contribution in [3.05, 3.63) is 42.1 Å². The van der Waals surface area contributed by atoms with Gasteiger partial charge < -0.3 is 0 Å². The predicted molar refractivity (Wildman–Crippen MR) is 85.4 cm³/mol. The lowest BCUT2D eigenvalue weighted by Gasteiger charge is -2.18. The third-order valence-corrected chi connectivity index (χ3v) is 5.44. The fourth-order valence-electron chi connectivity index (χ4n) is 2.40. The second-order valence-corrected chi connectivity index (χ2v) is 7.49. The summed E-state index contributed by atoms with van der Waals surface area (Å²) in [5.41, 5.74) is 4.76. The number of hydrazine groups is 1. The summed E-state index contributed by atoms with van der Waals surface area (Å²) in [6.45, 7) is 1.67. The fourth-order valence-corrected chi connectivity index (χ4v) is 3.30. The van der Waals surface area contributed by atoms with E-state index >= 15 is 0 Å². The van der Waals surface area contributed by atoms with E-state index in [4.69, 9.17) is 5.84 Å². The van der Waals surface area contributed by atoms with Gasteiger partial charge in [0.15, 0.2) is 0 Å². The van der Waals surface area contributed by atoms with Gasteiger partial charge in [-0.1, -0.05) is 25.1 Å². The summed E-state index contributed by atoms with van der Waals surface area (Å²) in [6.07, 6.45) is 3.01. The highest BCUT2D eigenvalue weighted by molar-refractivity contribution is 7.91. The molecule has 21 heavy (non-hydrogen) atoms. The molecule has 6 heteroatoms.